The summed E-state index contributed by atoms with van der Waals surface area (Å²) in [5.41, 5.74) is 20.6. The first-order valence-electron chi connectivity index (χ1n) is 23.5. The molecule has 0 atom stereocenters. The summed E-state index contributed by atoms with van der Waals surface area (Å²) in [7, 11) is 0. The first-order valence-corrected chi connectivity index (χ1v) is 23.5. The van der Waals surface area contributed by atoms with Crippen LogP contribution in [0.1, 0.15) is 17.5 Å². The molecule has 0 radical (unpaired) electrons. The van der Waals surface area contributed by atoms with Crippen molar-refractivity contribution in [2.75, 3.05) is 10.2 Å². The second-order valence-corrected chi connectivity index (χ2v) is 17.7. The van der Waals surface area contributed by atoms with Gasteiger partial charge >= 0.3 is 0 Å². The molecule has 0 saturated heterocycles. The van der Waals surface area contributed by atoms with Crippen LogP contribution in [0, 0.1) is 0 Å². The van der Waals surface area contributed by atoms with Crippen molar-refractivity contribution in [1.82, 2.24) is 0 Å². The van der Waals surface area contributed by atoms with E-state index in [9.17, 15) is 0 Å². The number of hydrogen-bond donors (Lipinski definition) is 1. The fourth-order valence-electron chi connectivity index (χ4n) is 10.1. The summed E-state index contributed by atoms with van der Waals surface area (Å²) in [5.74, 6) is 0. The summed E-state index contributed by atoms with van der Waals surface area (Å²) in [4.78, 5) is 2.33. The molecule has 10 aromatic carbocycles. The van der Waals surface area contributed by atoms with Crippen molar-refractivity contribution in [3.63, 3.8) is 0 Å². The van der Waals surface area contributed by atoms with E-state index in [0.717, 1.165) is 101 Å². The van der Waals surface area contributed by atoms with Crippen molar-refractivity contribution in [1.29, 1.82) is 0 Å². The zero-order chi connectivity index (χ0) is 45.7. The molecular formula is C65H44N2O2. The Morgan fingerprint density at radius 1 is 0.377 bits per heavy atom. The van der Waals surface area contributed by atoms with Crippen LogP contribution >= 0.6 is 0 Å². The molecule has 0 fully saturated rings. The van der Waals surface area contributed by atoms with Gasteiger partial charge in [-0.1, -0.05) is 170 Å². The highest BCUT2D eigenvalue weighted by molar-refractivity contribution is 6.14. The highest BCUT2D eigenvalue weighted by Gasteiger charge is 2.20. The van der Waals surface area contributed by atoms with E-state index in [2.05, 4.69) is 241 Å². The van der Waals surface area contributed by atoms with Gasteiger partial charge in [-0.2, -0.15) is 0 Å². The predicted molar refractivity (Wildman–Crippen MR) is 289 cm³/mol. The number of furan rings is 2. The highest BCUT2D eigenvalue weighted by Crippen LogP contribution is 2.43. The van der Waals surface area contributed by atoms with Gasteiger partial charge in [0.2, 0.25) is 0 Å². The Hall–Kier alpha value is -9.12. The molecule has 4 heteroatoms. The van der Waals surface area contributed by atoms with Gasteiger partial charge in [-0.25, -0.2) is 0 Å². The smallest absolute Gasteiger partial charge is 0.143 e. The molecule has 326 valence electrons. The van der Waals surface area contributed by atoms with Crippen LogP contribution in [0.25, 0.3) is 88.4 Å². The van der Waals surface area contributed by atoms with Crippen LogP contribution in [-0.2, 0) is 0 Å². The number of fused-ring (bicyclic) bond motifs is 6. The van der Waals surface area contributed by atoms with Crippen molar-refractivity contribution < 1.29 is 8.83 Å². The molecule has 69 heavy (non-hydrogen) atoms. The second-order valence-electron chi connectivity index (χ2n) is 17.7. The van der Waals surface area contributed by atoms with E-state index >= 15 is 0 Å². The molecular weight excluding hydrogens is 841 g/mol. The lowest BCUT2D eigenvalue weighted by molar-refractivity contribution is 0.669. The number of nitrogens with zero attached hydrogens (tertiary/aromatic N) is 1. The fourth-order valence-corrected chi connectivity index (χ4v) is 10.1. The number of nitrogens with one attached hydrogen (secondary N) is 1. The maximum Gasteiger partial charge on any atom is 0.143 e. The average molecular weight is 885 g/mol. The molecule has 0 saturated carbocycles. The summed E-state index contributed by atoms with van der Waals surface area (Å²) < 4.78 is 13.0. The summed E-state index contributed by atoms with van der Waals surface area (Å²) in [6.07, 6.45) is 5.54. The van der Waals surface area contributed by atoms with E-state index in [1.165, 1.54) is 33.4 Å². The van der Waals surface area contributed by atoms with Crippen molar-refractivity contribution >= 4 is 83.5 Å². The van der Waals surface area contributed by atoms with Crippen molar-refractivity contribution in [3.05, 3.63) is 260 Å². The molecule has 0 spiro atoms. The SMILES string of the molecule is C1=C(c2ccc3oc4cccc(-c5ccc(N(c6ccc(-c7ccccc7)cc6)c6ccc(-c7cccc8c7oc7ccccc78)cc6)cc5)c4c3c2)C=C(c2ccccc2Nc2ccccc2)C1. The number of rotatable bonds is 10. The summed E-state index contributed by atoms with van der Waals surface area (Å²) in [5, 5.41) is 8.11. The first kappa shape index (κ1) is 40.2. The number of anilines is 5. The van der Waals surface area contributed by atoms with E-state index in [-0.39, 0.29) is 0 Å². The van der Waals surface area contributed by atoms with Crippen molar-refractivity contribution in [2.24, 2.45) is 0 Å². The van der Waals surface area contributed by atoms with Gasteiger partial charge in [-0.05, 0) is 130 Å². The van der Waals surface area contributed by atoms with Crippen LogP contribution in [0.3, 0.4) is 0 Å². The zero-order valence-electron chi connectivity index (χ0n) is 37.6. The summed E-state index contributed by atoms with van der Waals surface area (Å²) in [6.45, 7) is 0. The van der Waals surface area contributed by atoms with Crippen LogP contribution in [0.15, 0.2) is 258 Å². The van der Waals surface area contributed by atoms with E-state index < -0.39 is 0 Å². The Balaban J connectivity index is 0.846. The van der Waals surface area contributed by atoms with Gasteiger partial charge in [0.1, 0.15) is 22.3 Å². The highest BCUT2D eigenvalue weighted by atomic mass is 16.3. The predicted octanol–water partition coefficient (Wildman–Crippen LogP) is 18.6. The standard InChI is InChI=1S/C65H44N2O2/c1-3-13-43(14-4-1)44-27-34-51(35-28-44)67(53-38-31-46(32-39-53)56-20-11-21-58-57-18-8-10-23-61(57)69-65(56)58)52-36-29-45(30-37-52)55-19-12-24-63-64(55)59-42-48(33-40-62(59)68-63)47-25-26-49(41-47)54-17-7-9-22-60(54)66-50-15-5-2-6-16-50/h1-25,27-42,66H,26H2. The summed E-state index contributed by atoms with van der Waals surface area (Å²) >= 11 is 0. The van der Waals surface area contributed by atoms with Crippen molar-refractivity contribution in [3.8, 4) is 33.4 Å². The fraction of sp³-hybridized carbons (Fsp3) is 0.0154. The van der Waals surface area contributed by atoms with Crippen LogP contribution in [0.5, 0.6) is 0 Å². The van der Waals surface area contributed by atoms with Crippen LogP contribution in [0.4, 0.5) is 28.4 Å². The maximum absolute atomic E-state index is 6.54. The zero-order valence-corrected chi connectivity index (χ0v) is 37.6. The normalized spacial score (nSPS) is 12.5. The molecule has 0 amide bonds. The summed E-state index contributed by atoms with van der Waals surface area (Å²) in [6, 6.07) is 83.8. The molecule has 12 aromatic rings. The van der Waals surface area contributed by atoms with Crippen LogP contribution in [0.2, 0.25) is 0 Å². The minimum absolute atomic E-state index is 0.863. The van der Waals surface area contributed by atoms with Gasteiger partial charge in [-0.15, -0.1) is 0 Å². The largest absolute Gasteiger partial charge is 0.456 e. The Labute approximate surface area is 400 Å². The van der Waals surface area contributed by atoms with Crippen LogP contribution in [-0.4, -0.2) is 0 Å². The molecule has 2 heterocycles. The third-order valence-electron chi connectivity index (χ3n) is 13.5. The quantitative estimate of drug-likeness (QED) is 0.149. The number of allylic oxidation sites excluding steroid dienone is 4. The molecule has 1 N–H and O–H groups in total. The maximum atomic E-state index is 6.54. The Kier molecular flexibility index (Phi) is 9.87. The van der Waals surface area contributed by atoms with Gasteiger partial charge in [0.15, 0.2) is 0 Å². The van der Waals surface area contributed by atoms with Gasteiger partial charge in [0.25, 0.3) is 0 Å². The lowest BCUT2D eigenvalue weighted by Crippen LogP contribution is -2.09. The van der Waals surface area contributed by atoms with E-state index in [4.69, 9.17) is 8.83 Å². The third-order valence-corrected chi connectivity index (χ3v) is 13.5. The molecule has 0 unspecified atom stereocenters. The van der Waals surface area contributed by atoms with Gasteiger partial charge < -0.3 is 19.1 Å². The Bertz CT molecular complexity index is 3920. The van der Waals surface area contributed by atoms with Gasteiger partial charge in [0.05, 0.1) is 0 Å². The monoisotopic (exact) mass is 884 g/mol. The molecule has 13 rings (SSSR count). The molecule has 1 aliphatic rings. The van der Waals surface area contributed by atoms with E-state index in [1.54, 1.807) is 0 Å². The first-order chi connectivity index (χ1) is 34.2. The minimum atomic E-state index is 0.863. The number of benzene rings is 10. The molecule has 2 aromatic heterocycles. The van der Waals surface area contributed by atoms with Gasteiger partial charge in [-0.3, -0.25) is 0 Å². The molecule has 0 aliphatic heterocycles. The van der Waals surface area contributed by atoms with Gasteiger partial charge in [0, 0.05) is 61.1 Å². The molecule has 1 aliphatic carbocycles. The minimum Gasteiger partial charge on any atom is -0.456 e. The third kappa shape index (κ3) is 7.36. The van der Waals surface area contributed by atoms with E-state index in [1.807, 2.05) is 18.2 Å². The molecule has 4 nitrogen and oxygen atoms in total. The molecule has 0 bridgehead atoms. The van der Waals surface area contributed by atoms with E-state index in [0.29, 0.717) is 0 Å². The number of para-hydroxylation sites is 4. The van der Waals surface area contributed by atoms with Crippen LogP contribution < -0.4 is 10.2 Å². The Morgan fingerprint density at radius 3 is 1.70 bits per heavy atom. The lowest BCUT2D eigenvalue weighted by Gasteiger charge is -2.26. The topological polar surface area (TPSA) is 41.6 Å². The second kappa shape index (κ2) is 16.9. The average Bonchev–Trinajstić information content (AvgIpc) is 4.16. The van der Waals surface area contributed by atoms with Crippen molar-refractivity contribution in [2.45, 2.75) is 6.42 Å². The lowest BCUT2D eigenvalue weighted by atomic mass is 9.97. The Morgan fingerprint density at radius 2 is 0.928 bits per heavy atom. The number of hydrogen-bond acceptors (Lipinski definition) is 4.